The molecule has 0 saturated carbocycles. The van der Waals surface area contributed by atoms with Crippen molar-refractivity contribution < 1.29 is 4.79 Å². The highest BCUT2D eigenvalue weighted by molar-refractivity contribution is 9.10. The van der Waals surface area contributed by atoms with Crippen molar-refractivity contribution in [1.82, 2.24) is 0 Å². The monoisotopic (exact) mass is 258 g/mol. The molecule has 0 N–H and O–H groups in total. The van der Waals surface area contributed by atoms with E-state index >= 15 is 0 Å². The van der Waals surface area contributed by atoms with Crippen LogP contribution in [0.15, 0.2) is 28.7 Å². The number of carbonyl (C=O) groups excluding carboxylic acids is 1. The van der Waals surface area contributed by atoms with Crippen molar-refractivity contribution in [3.63, 3.8) is 0 Å². The molecule has 0 spiro atoms. The summed E-state index contributed by atoms with van der Waals surface area (Å²) in [6.07, 6.45) is 3.27. The number of rotatable bonds is 2. The molecule has 0 bridgehead atoms. The van der Waals surface area contributed by atoms with Crippen molar-refractivity contribution in [3.8, 4) is 0 Å². The Hall–Kier alpha value is -0.600. The van der Waals surface area contributed by atoms with Crippen LogP contribution in [0.3, 0.4) is 0 Å². The van der Waals surface area contributed by atoms with E-state index in [1.54, 1.807) is 18.2 Å². The third-order valence-corrected chi connectivity index (χ3v) is 2.38. The van der Waals surface area contributed by atoms with E-state index in [4.69, 9.17) is 11.6 Å². The zero-order chi connectivity index (χ0) is 9.84. The second kappa shape index (κ2) is 4.58. The molecule has 0 aliphatic rings. The highest BCUT2D eigenvalue weighted by Crippen LogP contribution is 2.22. The van der Waals surface area contributed by atoms with Crippen molar-refractivity contribution in [2.24, 2.45) is 0 Å². The Morgan fingerprint density at radius 1 is 1.54 bits per heavy atom. The van der Waals surface area contributed by atoms with E-state index in [1.165, 1.54) is 13.0 Å². The van der Waals surface area contributed by atoms with E-state index in [0.29, 0.717) is 5.02 Å². The maximum atomic E-state index is 10.7. The Labute approximate surface area is 90.5 Å². The molecule has 0 fully saturated rings. The summed E-state index contributed by atoms with van der Waals surface area (Å²) in [4.78, 5) is 10.7. The van der Waals surface area contributed by atoms with E-state index in [1.807, 2.05) is 6.07 Å². The zero-order valence-corrected chi connectivity index (χ0v) is 9.39. The fourth-order valence-corrected chi connectivity index (χ4v) is 1.66. The van der Waals surface area contributed by atoms with Gasteiger partial charge in [-0.15, -0.1) is 0 Å². The fourth-order valence-electron chi connectivity index (χ4n) is 0.844. The van der Waals surface area contributed by atoms with Crippen molar-refractivity contribution in [3.05, 3.63) is 39.3 Å². The molecule has 1 nitrogen and oxygen atoms in total. The lowest BCUT2D eigenvalue weighted by atomic mass is 10.2. The van der Waals surface area contributed by atoms with Gasteiger partial charge in [-0.2, -0.15) is 0 Å². The van der Waals surface area contributed by atoms with Gasteiger partial charge in [0.2, 0.25) is 0 Å². The lowest BCUT2D eigenvalue weighted by molar-refractivity contribution is -0.112. The van der Waals surface area contributed by atoms with Crippen LogP contribution in [-0.4, -0.2) is 5.78 Å². The molecule has 0 unspecified atom stereocenters. The summed E-state index contributed by atoms with van der Waals surface area (Å²) in [7, 11) is 0. The molecule has 0 amide bonds. The molecule has 68 valence electrons. The maximum absolute atomic E-state index is 10.7. The van der Waals surface area contributed by atoms with Gasteiger partial charge in [-0.1, -0.05) is 39.7 Å². The Bertz CT molecular complexity index is 358. The normalized spacial score (nSPS) is 10.7. The summed E-state index contributed by atoms with van der Waals surface area (Å²) in [6.45, 7) is 1.51. The zero-order valence-electron chi connectivity index (χ0n) is 7.05. The van der Waals surface area contributed by atoms with Crippen LogP contribution in [-0.2, 0) is 4.79 Å². The van der Waals surface area contributed by atoms with Gasteiger partial charge in [0.25, 0.3) is 0 Å². The number of hydrogen-bond donors (Lipinski definition) is 0. The molecule has 3 heteroatoms. The van der Waals surface area contributed by atoms with Gasteiger partial charge in [-0.05, 0) is 30.7 Å². The first-order valence-corrected chi connectivity index (χ1v) is 4.90. The van der Waals surface area contributed by atoms with Gasteiger partial charge in [0.15, 0.2) is 5.78 Å². The molecule has 0 saturated heterocycles. The Kier molecular flexibility index (Phi) is 3.70. The van der Waals surface area contributed by atoms with Gasteiger partial charge in [0.05, 0.1) is 0 Å². The lowest BCUT2D eigenvalue weighted by Crippen LogP contribution is -1.81. The largest absolute Gasteiger partial charge is 0.295 e. The molecular formula is C10H8BrClO. The average Bonchev–Trinajstić information content (AvgIpc) is 2.02. The first kappa shape index (κ1) is 10.5. The Balaban J connectivity index is 2.96. The van der Waals surface area contributed by atoms with E-state index in [2.05, 4.69) is 15.9 Å². The van der Waals surface area contributed by atoms with E-state index in [-0.39, 0.29) is 5.78 Å². The highest BCUT2D eigenvalue weighted by Gasteiger charge is 1.96. The summed E-state index contributed by atoms with van der Waals surface area (Å²) < 4.78 is 0.887. The second-order valence-corrected chi connectivity index (χ2v) is 3.90. The lowest BCUT2D eigenvalue weighted by Gasteiger charge is -1.97. The molecule has 1 rings (SSSR count). The number of carbonyl (C=O) groups is 1. The van der Waals surface area contributed by atoms with Crippen molar-refractivity contribution in [2.75, 3.05) is 0 Å². The van der Waals surface area contributed by atoms with Crippen molar-refractivity contribution in [2.45, 2.75) is 6.92 Å². The minimum absolute atomic E-state index is 0.0295. The quantitative estimate of drug-likeness (QED) is 0.740. The van der Waals surface area contributed by atoms with Crippen LogP contribution < -0.4 is 0 Å². The molecule has 0 atom stereocenters. The van der Waals surface area contributed by atoms with Crippen molar-refractivity contribution in [1.29, 1.82) is 0 Å². The van der Waals surface area contributed by atoms with E-state index in [9.17, 15) is 4.79 Å². The van der Waals surface area contributed by atoms with Crippen LogP contribution in [0.1, 0.15) is 12.5 Å². The molecule has 0 heterocycles. The average molecular weight is 260 g/mol. The fraction of sp³-hybridized carbons (Fsp3) is 0.100. The maximum Gasteiger partial charge on any atom is 0.152 e. The first-order valence-electron chi connectivity index (χ1n) is 3.73. The molecule has 13 heavy (non-hydrogen) atoms. The molecule has 0 aromatic heterocycles. The highest BCUT2D eigenvalue weighted by atomic mass is 79.9. The third kappa shape index (κ3) is 3.33. The molecule has 1 aromatic rings. The smallest absolute Gasteiger partial charge is 0.152 e. The van der Waals surface area contributed by atoms with Crippen LogP contribution in [0.5, 0.6) is 0 Å². The SMILES string of the molecule is CC(=O)/C=C/c1ccc(Cl)cc1Br. The summed E-state index contributed by atoms with van der Waals surface area (Å²) in [5.74, 6) is 0.0295. The predicted molar refractivity (Wildman–Crippen MR) is 58.9 cm³/mol. The summed E-state index contributed by atoms with van der Waals surface area (Å²) in [5, 5.41) is 0.673. The second-order valence-electron chi connectivity index (χ2n) is 2.61. The van der Waals surface area contributed by atoms with Crippen LogP contribution >= 0.6 is 27.5 Å². The summed E-state index contributed by atoms with van der Waals surface area (Å²) in [6, 6.07) is 5.43. The minimum atomic E-state index is 0.0295. The van der Waals surface area contributed by atoms with Gasteiger partial charge >= 0.3 is 0 Å². The van der Waals surface area contributed by atoms with Crippen LogP contribution in [0.2, 0.25) is 5.02 Å². The standard InChI is InChI=1S/C10H8BrClO/c1-7(13)2-3-8-4-5-9(12)6-10(8)11/h2-6H,1H3/b3-2+. The number of ketones is 1. The van der Waals surface area contributed by atoms with Gasteiger partial charge in [-0.25, -0.2) is 0 Å². The van der Waals surface area contributed by atoms with Crippen molar-refractivity contribution >= 4 is 39.4 Å². The molecule has 1 aromatic carbocycles. The van der Waals surface area contributed by atoms with Crippen LogP contribution in [0.4, 0.5) is 0 Å². The first-order chi connectivity index (χ1) is 6.09. The summed E-state index contributed by atoms with van der Waals surface area (Å²) >= 11 is 9.11. The molecule has 0 radical (unpaired) electrons. The number of halogens is 2. The van der Waals surface area contributed by atoms with E-state index < -0.39 is 0 Å². The van der Waals surface area contributed by atoms with Gasteiger partial charge in [0, 0.05) is 9.50 Å². The third-order valence-electron chi connectivity index (χ3n) is 1.46. The minimum Gasteiger partial charge on any atom is -0.295 e. The number of allylic oxidation sites excluding steroid dienone is 1. The van der Waals surface area contributed by atoms with Gasteiger partial charge in [-0.3, -0.25) is 4.79 Å². The van der Waals surface area contributed by atoms with Crippen LogP contribution in [0.25, 0.3) is 6.08 Å². The molecular weight excluding hydrogens is 251 g/mol. The van der Waals surface area contributed by atoms with Crippen LogP contribution in [0, 0.1) is 0 Å². The predicted octanol–water partition coefficient (Wildman–Crippen LogP) is 3.70. The summed E-state index contributed by atoms with van der Waals surface area (Å²) in [5.41, 5.74) is 0.944. The van der Waals surface area contributed by atoms with Gasteiger partial charge < -0.3 is 0 Å². The van der Waals surface area contributed by atoms with E-state index in [0.717, 1.165) is 10.0 Å². The Morgan fingerprint density at radius 2 is 2.23 bits per heavy atom. The molecule has 0 aliphatic carbocycles. The topological polar surface area (TPSA) is 17.1 Å². The number of hydrogen-bond acceptors (Lipinski definition) is 1. The molecule has 0 aliphatic heterocycles. The van der Waals surface area contributed by atoms with Gasteiger partial charge in [0.1, 0.15) is 0 Å². The Morgan fingerprint density at radius 3 is 2.77 bits per heavy atom. The number of benzene rings is 1.